The fourth-order valence-corrected chi connectivity index (χ4v) is 11.0. The molecule has 2 spiro atoms. The molecule has 2 saturated carbocycles. The van der Waals surface area contributed by atoms with Crippen molar-refractivity contribution in [2.75, 3.05) is 5.32 Å². The molecule has 1 N–H and O–H groups in total. The summed E-state index contributed by atoms with van der Waals surface area (Å²) in [6, 6.07) is 8.22. The van der Waals surface area contributed by atoms with Crippen LogP contribution in [0.3, 0.4) is 0 Å². The lowest BCUT2D eigenvalue weighted by Crippen LogP contribution is -2.72. The van der Waals surface area contributed by atoms with Gasteiger partial charge in [-0.1, -0.05) is 26.8 Å². The summed E-state index contributed by atoms with van der Waals surface area (Å²) in [6.07, 6.45) is 6.41. The monoisotopic (exact) mass is 641 g/mol. The van der Waals surface area contributed by atoms with Gasteiger partial charge in [0.05, 0.1) is 12.1 Å². The summed E-state index contributed by atoms with van der Waals surface area (Å²) < 4.78 is 33.1. The average molecular weight is 642 g/mol. The third kappa shape index (κ3) is 4.30. The molecule has 0 unspecified atom stereocenters. The van der Waals surface area contributed by atoms with Gasteiger partial charge in [0.1, 0.15) is 5.75 Å². The molecule has 10 nitrogen and oxygen atoms in total. The smallest absolute Gasteiger partial charge is 0.205 e. The molecule has 8 saturated heterocycles. The van der Waals surface area contributed by atoms with E-state index in [1.165, 1.54) is 0 Å². The molecule has 254 valence electrons. The summed E-state index contributed by atoms with van der Waals surface area (Å²) in [5.74, 6) is 1.29. The molecule has 4 bridgehead atoms. The molecule has 1 aromatic rings. The minimum absolute atomic E-state index is 0.00913. The minimum Gasteiger partial charge on any atom is -0.464 e. The van der Waals surface area contributed by atoms with Crippen LogP contribution in [0.5, 0.6) is 5.75 Å². The second-order valence-electron chi connectivity index (χ2n) is 16.3. The molecule has 1 aromatic carbocycles. The zero-order valence-corrected chi connectivity index (χ0v) is 28.1. The molecular weight excluding hydrogens is 590 g/mol. The first-order valence-corrected chi connectivity index (χ1v) is 18.0. The first-order valence-electron chi connectivity index (χ1n) is 18.0. The van der Waals surface area contributed by atoms with Crippen molar-refractivity contribution in [3.8, 4) is 5.75 Å². The Bertz CT molecular complexity index is 1350. The average Bonchev–Trinajstić information content (AvgIpc) is 3.40. The number of rotatable bonds is 4. The minimum atomic E-state index is -0.812. The van der Waals surface area contributed by atoms with E-state index < -0.39 is 41.6 Å². The van der Waals surface area contributed by atoms with Gasteiger partial charge in [0.25, 0.3) is 0 Å². The van der Waals surface area contributed by atoms with E-state index in [-0.39, 0.29) is 29.9 Å². The molecule has 11 rings (SSSR count). The van der Waals surface area contributed by atoms with Crippen molar-refractivity contribution in [2.45, 2.75) is 147 Å². The zero-order chi connectivity index (χ0) is 31.6. The molecule has 10 aliphatic rings. The highest BCUT2D eigenvalue weighted by Gasteiger charge is 2.71. The van der Waals surface area contributed by atoms with Gasteiger partial charge < -0.3 is 29.0 Å². The van der Waals surface area contributed by atoms with Crippen LogP contribution in [0, 0.1) is 41.4 Å². The first-order chi connectivity index (χ1) is 22.0. The predicted octanol–water partition coefficient (Wildman–Crippen LogP) is 6.69. The third-order valence-electron chi connectivity index (χ3n) is 13.6. The number of fused-ring (bicyclic) bond motifs is 4. The maximum atomic E-state index is 6.71. The molecule has 0 aromatic heterocycles. The molecule has 0 amide bonds. The Morgan fingerprint density at radius 1 is 0.696 bits per heavy atom. The van der Waals surface area contributed by atoms with Crippen LogP contribution in [-0.4, -0.2) is 53.8 Å². The summed E-state index contributed by atoms with van der Waals surface area (Å²) >= 11 is 0. The number of hydrogen-bond acceptors (Lipinski definition) is 10. The van der Waals surface area contributed by atoms with Crippen LogP contribution in [0.15, 0.2) is 24.3 Å². The Kier molecular flexibility index (Phi) is 6.97. The van der Waals surface area contributed by atoms with Crippen molar-refractivity contribution < 1.29 is 43.2 Å². The van der Waals surface area contributed by atoms with Crippen molar-refractivity contribution in [1.82, 2.24) is 0 Å². The molecular formula is C36H51NO9. The van der Waals surface area contributed by atoms with E-state index in [1.54, 1.807) is 0 Å². The van der Waals surface area contributed by atoms with E-state index in [2.05, 4.69) is 45.1 Å². The second kappa shape index (κ2) is 10.5. The molecule has 2 aliphatic carbocycles. The van der Waals surface area contributed by atoms with E-state index >= 15 is 0 Å². The topological polar surface area (TPSA) is 95.1 Å². The Hall–Kier alpha value is -1.50. The lowest BCUT2D eigenvalue weighted by Gasteiger charge is -2.60. The van der Waals surface area contributed by atoms with E-state index in [0.717, 1.165) is 62.8 Å². The van der Waals surface area contributed by atoms with Gasteiger partial charge in [-0.15, -0.1) is 0 Å². The standard InChI is InChI=1S/C36H51NO9/c1-19-10-12-27-21(3)30(40-32-35(27)25(19)14-16-34(6,42-32)43-45-35)39-24-9-7-8-23(18-24)37-29-22(4)38-31-36-26(20(2)11-13-28(29)36)15-17-33(5,41-31)44-46-36/h7-9,18-22,25-32,37H,10-17H2,1-6H3/t19-,20-,21-,22+,25+,26+,27+,28+,29-,30+,31-,32-,33-,34-,35-,36-/m1/s1. The highest BCUT2D eigenvalue weighted by Crippen LogP contribution is 2.62. The Morgan fingerprint density at radius 3 is 1.98 bits per heavy atom. The normalized spacial score (nSPS) is 55.4. The molecule has 0 radical (unpaired) electrons. The van der Waals surface area contributed by atoms with Gasteiger partial charge in [0.2, 0.25) is 17.9 Å². The van der Waals surface area contributed by atoms with Crippen LogP contribution in [-0.2, 0) is 38.5 Å². The number of ether oxygens (including phenoxy) is 5. The van der Waals surface area contributed by atoms with Crippen molar-refractivity contribution in [3.63, 3.8) is 0 Å². The van der Waals surface area contributed by atoms with E-state index in [0.29, 0.717) is 23.7 Å². The third-order valence-corrected chi connectivity index (χ3v) is 13.6. The molecule has 10 fully saturated rings. The fourth-order valence-electron chi connectivity index (χ4n) is 11.0. The lowest BCUT2D eigenvalue weighted by atomic mass is 9.58. The van der Waals surface area contributed by atoms with E-state index in [9.17, 15) is 0 Å². The van der Waals surface area contributed by atoms with Gasteiger partial charge in [-0.2, -0.15) is 0 Å². The molecule has 8 heterocycles. The number of hydrogen-bond donors (Lipinski definition) is 1. The van der Waals surface area contributed by atoms with Gasteiger partial charge >= 0.3 is 0 Å². The SMILES string of the molecule is C[C@H]1[C@@H](Oc2cccc(N[C@@H]3[C@H](C)O[C@@H]4O[C@@]5(C)CC[C@H]6[C@H](C)CC[C@@H]3[C@@]46OO5)c2)O[C@@H]2O[C@@]3(C)CC[C@H]4[C@H](C)CC[C@@H]1[C@@]24OO3. The fraction of sp³-hybridized carbons (Fsp3) is 0.833. The zero-order valence-electron chi connectivity index (χ0n) is 28.1. The Balaban J connectivity index is 0.965. The summed E-state index contributed by atoms with van der Waals surface area (Å²) in [7, 11) is 0. The number of anilines is 1. The van der Waals surface area contributed by atoms with Crippen LogP contribution in [0.25, 0.3) is 0 Å². The largest absolute Gasteiger partial charge is 0.464 e. The highest BCUT2D eigenvalue weighted by molar-refractivity contribution is 5.49. The number of benzene rings is 1. The molecule has 46 heavy (non-hydrogen) atoms. The first kappa shape index (κ1) is 30.6. The summed E-state index contributed by atoms with van der Waals surface area (Å²) in [6.45, 7) is 13.0. The van der Waals surface area contributed by atoms with Crippen LogP contribution in [0.2, 0.25) is 0 Å². The summed E-state index contributed by atoms with van der Waals surface area (Å²) in [5.41, 5.74) is -0.271. The van der Waals surface area contributed by atoms with Crippen LogP contribution in [0.1, 0.15) is 92.9 Å². The van der Waals surface area contributed by atoms with Gasteiger partial charge in [-0.3, -0.25) is 0 Å². The molecule has 8 aliphatic heterocycles. The van der Waals surface area contributed by atoms with Gasteiger partial charge in [-0.25, -0.2) is 19.6 Å². The number of nitrogens with one attached hydrogen (secondary N) is 1. The van der Waals surface area contributed by atoms with E-state index in [1.807, 2.05) is 26.0 Å². The van der Waals surface area contributed by atoms with Crippen LogP contribution < -0.4 is 10.1 Å². The lowest BCUT2D eigenvalue weighted by molar-refractivity contribution is -0.575. The van der Waals surface area contributed by atoms with Crippen LogP contribution >= 0.6 is 0 Å². The van der Waals surface area contributed by atoms with Crippen molar-refractivity contribution in [2.24, 2.45) is 41.4 Å². The van der Waals surface area contributed by atoms with Gasteiger partial charge in [0, 0.05) is 42.3 Å². The van der Waals surface area contributed by atoms with Crippen molar-refractivity contribution >= 4 is 5.69 Å². The quantitative estimate of drug-likeness (QED) is 0.359. The maximum absolute atomic E-state index is 6.71. The predicted molar refractivity (Wildman–Crippen MR) is 165 cm³/mol. The second-order valence-corrected chi connectivity index (χ2v) is 16.3. The Morgan fingerprint density at radius 2 is 1.30 bits per heavy atom. The van der Waals surface area contributed by atoms with E-state index in [4.69, 9.17) is 43.2 Å². The van der Waals surface area contributed by atoms with Gasteiger partial charge in [-0.05, 0) is 95.1 Å². The summed E-state index contributed by atoms with van der Waals surface area (Å²) in [5, 5.41) is 3.85. The molecule has 16 atom stereocenters. The van der Waals surface area contributed by atoms with Crippen molar-refractivity contribution in [1.29, 1.82) is 0 Å². The highest BCUT2D eigenvalue weighted by atomic mass is 17.3. The Labute approximate surface area is 272 Å². The van der Waals surface area contributed by atoms with Gasteiger partial charge in [0.15, 0.2) is 23.8 Å². The molecule has 10 heteroatoms. The maximum Gasteiger partial charge on any atom is 0.205 e. The van der Waals surface area contributed by atoms with Crippen LogP contribution in [0.4, 0.5) is 5.69 Å². The summed E-state index contributed by atoms with van der Waals surface area (Å²) in [4.78, 5) is 24.8. The van der Waals surface area contributed by atoms with Crippen molar-refractivity contribution in [3.05, 3.63) is 24.3 Å².